The van der Waals surface area contributed by atoms with Gasteiger partial charge in [-0.05, 0) is 32.1 Å². The highest BCUT2D eigenvalue weighted by molar-refractivity contribution is 5.81. The lowest BCUT2D eigenvalue weighted by atomic mass is 10.0. The molecule has 0 aliphatic carbocycles. The van der Waals surface area contributed by atoms with Gasteiger partial charge < -0.3 is 15.5 Å². The molecule has 0 radical (unpaired) electrons. The van der Waals surface area contributed by atoms with Gasteiger partial charge in [-0.1, -0.05) is 0 Å². The van der Waals surface area contributed by atoms with Crippen LogP contribution in [0.2, 0.25) is 0 Å². The Morgan fingerprint density at radius 3 is 2.67 bits per heavy atom. The molecule has 2 amide bonds. The van der Waals surface area contributed by atoms with Gasteiger partial charge in [0.05, 0.1) is 6.04 Å². The zero-order valence-corrected chi connectivity index (χ0v) is 11.1. The fourth-order valence-electron chi connectivity index (χ4n) is 2.74. The number of likely N-dealkylation sites (tertiary alicyclic amines) is 1. The number of rotatable bonds is 2. The van der Waals surface area contributed by atoms with Gasteiger partial charge >= 0.3 is 0 Å². The van der Waals surface area contributed by atoms with E-state index >= 15 is 0 Å². The third-order valence-electron chi connectivity index (χ3n) is 3.91. The Morgan fingerprint density at radius 1 is 1.28 bits per heavy atom. The quantitative estimate of drug-likeness (QED) is 0.742. The number of amides is 2. The largest absolute Gasteiger partial charge is 0.355 e. The van der Waals surface area contributed by atoms with Crippen LogP contribution >= 0.6 is 0 Å². The van der Waals surface area contributed by atoms with Gasteiger partial charge in [0.2, 0.25) is 11.8 Å². The Labute approximate surface area is 108 Å². The molecule has 0 unspecified atom stereocenters. The van der Waals surface area contributed by atoms with E-state index in [4.69, 9.17) is 0 Å². The van der Waals surface area contributed by atoms with Crippen LogP contribution < -0.4 is 10.6 Å². The molecule has 2 fully saturated rings. The molecule has 1 atom stereocenters. The van der Waals surface area contributed by atoms with E-state index in [9.17, 15) is 9.59 Å². The van der Waals surface area contributed by atoms with Crippen LogP contribution in [0.3, 0.4) is 0 Å². The average Bonchev–Trinajstić information content (AvgIpc) is 2.56. The van der Waals surface area contributed by atoms with Gasteiger partial charge in [-0.15, -0.1) is 0 Å². The van der Waals surface area contributed by atoms with Gasteiger partial charge in [-0.2, -0.15) is 0 Å². The molecule has 0 bridgehead atoms. The number of nitrogens with one attached hydrogen (secondary N) is 2. The summed E-state index contributed by atoms with van der Waals surface area (Å²) in [5.74, 6) is 0.294. The molecule has 2 aliphatic rings. The summed E-state index contributed by atoms with van der Waals surface area (Å²) >= 11 is 0. The van der Waals surface area contributed by atoms with E-state index < -0.39 is 0 Å². The van der Waals surface area contributed by atoms with Crippen LogP contribution in [0.25, 0.3) is 0 Å². The topological polar surface area (TPSA) is 61.4 Å². The summed E-state index contributed by atoms with van der Waals surface area (Å²) < 4.78 is 0. The minimum absolute atomic E-state index is 0.0404. The summed E-state index contributed by atoms with van der Waals surface area (Å²) in [6.45, 7) is 4.04. The lowest BCUT2D eigenvalue weighted by Gasteiger charge is -2.33. The molecule has 2 aliphatic heterocycles. The summed E-state index contributed by atoms with van der Waals surface area (Å²) in [6, 6.07) is 0.329. The molecule has 0 aromatic rings. The summed E-state index contributed by atoms with van der Waals surface area (Å²) in [6.07, 6.45) is 5.00. The minimum atomic E-state index is -0.0404. The van der Waals surface area contributed by atoms with E-state index in [0.717, 1.165) is 51.7 Å². The lowest BCUT2D eigenvalue weighted by molar-refractivity contribution is -0.130. The van der Waals surface area contributed by atoms with E-state index in [1.54, 1.807) is 6.92 Å². The fraction of sp³-hybridized carbons (Fsp3) is 0.846. The first-order chi connectivity index (χ1) is 8.66. The van der Waals surface area contributed by atoms with Crippen LogP contribution in [-0.2, 0) is 9.59 Å². The van der Waals surface area contributed by atoms with Crippen molar-refractivity contribution < 1.29 is 9.59 Å². The first-order valence-electron chi connectivity index (χ1n) is 6.96. The highest BCUT2D eigenvalue weighted by Gasteiger charge is 2.26. The Morgan fingerprint density at radius 2 is 2.00 bits per heavy atom. The minimum Gasteiger partial charge on any atom is -0.355 e. The van der Waals surface area contributed by atoms with Crippen LogP contribution in [0, 0.1) is 0 Å². The van der Waals surface area contributed by atoms with Gasteiger partial charge in [0.1, 0.15) is 0 Å². The molecule has 2 rings (SSSR count). The Balaban J connectivity index is 1.79. The predicted octanol–water partition coefficient (Wildman–Crippen LogP) is 0.256. The maximum Gasteiger partial charge on any atom is 0.237 e. The van der Waals surface area contributed by atoms with Crippen molar-refractivity contribution in [2.75, 3.05) is 19.6 Å². The number of carbonyl (C=O) groups excluding carboxylic acids is 2. The SMILES string of the molecule is CC(=O)N1CCC(N[C@H]2CCCCNC2=O)CC1. The Bertz CT molecular complexity index is 311. The summed E-state index contributed by atoms with van der Waals surface area (Å²) in [5.41, 5.74) is 0. The Hall–Kier alpha value is -1.10. The number of piperidine rings is 1. The maximum atomic E-state index is 11.8. The smallest absolute Gasteiger partial charge is 0.237 e. The molecule has 0 aromatic heterocycles. The molecular formula is C13H23N3O2. The summed E-state index contributed by atoms with van der Waals surface area (Å²) in [4.78, 5) is 24.9. The van der Waals surface area contributed by atoms with Gasteiger partial charge in [-0.25, -0.2) is 0 Å². The molecule has 0 saturated carbocycles. The monoisotopic (exact) mass is 253 g/mol. The van der Waals surface area contributed by atoms with Gasteiger partial charge in [-0.3, -0.25) is 9.59 Å². The molecule has 0 spiro atoms. The molecule has 5 nitrogen and oxygen atoms in total. The molecule has 5 heteroatoms. The zero-order valence-electron chi connectivity index (χ0n) is 11.1. The molecule has 102 valence electrons. The zero-order chi connectivity index (χ0) is 13.0. The third-order valence-corrected chi connectivity index (χ3v) is 3.91. The average molecular weight is 253 g/mol. The fourth-order valence-corrected chi connectivity index (χ4v) is 2.74. The van der Waals surface area contributed by atoms with E-state index in [1.807, 2.05) is 4.90 Å². The normalized spacial score (nSPS) is 26.6. The lowest BCUT2D eigenvalue weighted by Crippen LogP contribution is -2.51. The highest BCUT2D eigenvalue weighted by atomic mass is 16.2. The molecule has 0 aromatic carbocycles. The standard InChI is InChI=1S/C13H23N3O2/c1-10(17)16-8-5-11(6-9-16)15-12-4-2-3-7-14-13(12)18/h11-12,15H,2-9H2,1H3,(H,14,18)/t12-/m0/s1. The van der Waals surface area contributed by atoms with Crippen molar-refractivity contribution in [2.45, 2.75) is 51.1 Å². The first kappa shape index (κ1) is 13.3. The second-order valence-electron chi connectivity index (χ2n) is 5.29. The summed E-state index contributed by atoms with van der Waals surface area (Å²) in [5, 5.41) is 6.40. The number of carbonyl (C=O) groups is 2. The van der Waals surface area contributed by atoms with Crippen LogP contribution in [-0.4, -0.2) is 48.4 Å². The van der Waals surface area contributed by atoms with Crippen LogP contribution in [0.5, 0.6) is 0 Å². The van der Waals surface area contributed by atoms with E-state index in [0.29, 0.717) is 6.04 Å². The van der Waals surface area contributed by atoms with Gasteiger partial charge in [0.25, 0.3) is 0 Å². The molecule has 2 heterocycles. The second kappa shape index (κ2) is 6.18. The summed E-state index contributed by atoms with van der Waals surface area (Å²) in [7, 11) is 0. The van der Waals surface area contributed by atoms with Crippen LogP contribution in [0.1, 0.15) is 39.0 Å². The second-order valence-corrected chi connectivity index (χ2v) is 5.29. The maximum absolute atomic E-state index is 11.8. The van der Waals surface area contributed by atoms with Crippen molar-refractivity contribution in [3.8, 4) is 0 Å². The van der Waals surface area contributed by atoms with Crippen molar-refractivity contribution in [1.29, 1.82) is 0 Å². The van der Waals surface area contributed by atoms with Crippen LogP contribution in [0.15, 0.2) is 0 Å². The van der Waals surface area contributed by atoms with E-state index in [-0.39, 0.29) is 17.9 Å². The molecule has 18 heavy (non-hydrogen) atoms. The van der Waals surface area contributed by atoms with Gasteiger partial charge in [0.15, 0.2) is 0 Å². The third kappa shape index (κ3) is 3.45. The van der Waals surface area contributed by atoms with Crippen molar-refractivity contribution in [1.82, 2.24) is 15.5 Å². The van der Waals surface area contributed by atoms with Crippen LogP contribution in [0.4, 0.5) is 0 Å². The first-order valence-corrected chi connectivity index (χ1v) is 6.96. The van der Waals surface area contributed by atoms with Crippen molar-refractivity contribution in [3.63, 3.8) is 0 Å². The molecular weight excluding hydrogens is 230 g/mol. The van der Waals surface area contributed by atoms with E-state index in [2.05, 4.69) is 10.6 Å². The number of hydrogen-bond donors (Lipinski definition) is 2. The predicted molar refractivity (Wildman–Crippen MR) is 69.1 cm³/mol. The Kier molecular flexibility index (Phi) is 4.58. The van der Waals surface area contributed by atoms with Crippen molar-refractivity contribution >= 4 is 11.8 Å². The van der Waals surface area contributed by atoms with E-state index in [1.165, 1.54) is 0 Å². The van der Waals surface area contributed by atoms with Crippen molar-refractivity contribution in [3.05, 3.63) is 0 Å². The number of hydrogen-bond acceptors (Lipinski definition) is 3. The van der Waals surface area contributed by atoms with Gasteiger partial charge in [0, 0.05) is 32.6 Å². The highest BCUT2D eigenvalue weighted by Crippen LogP contribution is 2.13. The number of nitrogens with zero attached hydrogens (tertiary/aromatic N) is 1. The molecule has 2 saturated heterocycles. The molecule has 2 N–H and O–H groups in total. The van der Waals surface area contributed by atoms with Crippen molar-refractivity contribution in [2.24, 2.45) is 0 Å².